The SMILES string of the molecule is C=C1C[C@@H](c2nc3ccc(OC)cc3[nH]2)N(C(=O)c2nc(C)sc2-c2ccc(OC)cc2)C1. The van der Waals surface area contributed by atoms with Gasteiger partial charge in [0.05, 0.1) is 41.2 Å². The first-order chi connectivity index (χ1) is 16.0. The molecule has 2 aromatic carbocycles. The van der Waals surface area contributed by atoms with Crippen molar-refractivity contribution in [2.24, 2.45) is 0 Å². The third-order valence-corrected chi connectivity index (χ3v) is 6.84. The van der Waals surface area contributed by atoms with Gasteiger partial charge in [-0.05, 0) is 55.3 Å². The summed E-state index contributed by atoms with van der Waals surface area (Å²) in [6.45, 7) is 6.55. The number of thiazole rings is 1. The van der Waals surface area contributed by atoms with Gasteiger partial charge in [0, 0.05) is 12.6 Å². The maximum atomic E-state index is 13.8. The Morgan fingerprint density at radius 1 is 1.12 bits per heavy atom. The van der Waals surface area contributed by atoms with E-state index in [1.165, 1.54) is 11.3 Å². The monoisotopic (exact) mass is 460 g/mol. The van der Waals surface area contributed by atoms with Gasteiger partial charge >= 0.3 is 0 Å². The van der Waals surface area contributed by atoms with Crippen LogP contribution >= 0.6 is 11.3 Å². The van der Waals surface area contributed by atoms with Crippen LogP contribution in [0.3, 0.4) is 0 Å². The summed E-state index contributed by atoms with van der Waals surface area (Å²) < 4.78 is 10.6. The summed E-state index contributed by atoms with van der Waals surface area (Å²) in [6.07, 6.45) is 0.656. The number of aromatic amines is 1. The average Bonchev–Trinajstić information content (AvgIpc) is 3.54. The molecule has 1 saturated heterocycles. The molecule has 0 radical (unpaired) electrons. The third-order valence-electron chi connectivity index (χ3n) is 5.82. The van der Waals surface area contributed by atoms with E-state index in [0.717, 1.165) is 49.4 Å². The number of amides is 1. The number of carbonyl (C=O) groups is 1. The van der Waals surface area contributed by atoms with E-state index in [1.807, 2.05) is 54.3 Å². The van der Waals surface area contributed by atoms with E-state index in [9.17, 15) is 4.79 Å². The molecule has 5 rings (SSSR count). The molecule has 4 aromatic rings. The van der Waals surface area contributed by atoms with Crippen LogP contribution in [0.15, 0.2) is 54.6 Å². The fourth-order valence-electron chi connectivity index (χ4n) is 4.20. The predicted octanol–water partition coefficient (Wildman–Crippen LogP) is 5.16. The van der Waals surface area contributed by atoms with Crippen molar-refractivity contribution >= 4 is 28.3 Å². The van der Waals surface area contributed by atoms with Gasteiger partial charge < -0.3 is 19.4 Å². The van der Waals surface area contributed by atoms with Crippen molar-refractivity contribution in [2.45, 2.75) is 19.4 Å². The fourth-order valence-corrected chi connectivity index (χ4v) is 5.11. The highest BCUT2D eigenvalue weighted by Gasteiger charge is 2.36. The molecule has 2 aromatic heterocycles. The molecule has 1 aliphatic heterocycles. The molecule has 0 spiro atoms. The molecule has 33 heavy (non-hydrogen) atoms. The number of methoxy groups -OCH3 is 2. The van der Waals surface area contributed by atoms with Crippen LogP contribution in [-0.4, -0.2) is 46.5 Å². The Morgan fingerprint density at radius 2 is 1.85 bits per heavy atom. The summed E-state index contributed by atoms with van der Waals surface area (Å²) >= 11 is 1.51. The van der Waals surface area contributed by atoms with Crippen molar-refractivity contribution in [1.29, 1.82) is 0 Å². The zero-order chi connectivity index (χ0) is 23.1. The minimum atomic E-state index is -0.228. The van der Waals surface area contributed by atoms with Gasteiger partial charge in [0.1, 0.15) is 23.0 Å². The Labute approximate surface area is 195 Å². The first-order valence-electron chi connectivity index (χ1n) is 10.6. The summed E-state index contributed by atoms with van der Waals surface area (Å²) in [4.78, 5) is 29.2. The molecule has 1 N–H and O–H groups in total. The van der Waals surface area contributed by atoms with Gasteiger partial charge in [0.25, 0.3) is 5.91 Å². The van der Waals surface area contributed by atoms with Gasteiger partial charge in [-0.3, -0.25) is 4.79 Å². The molecule has 7 nitrogen and oxygen atoms in total. The number of rotatable bonds is 5. The smallest absolute Gasteiger partial charge is 0.274 e. The van der Waals surface area contributed by atoms with E-state index >= 15 is 0 Å². The maximum Gasteiger partial charge on any atom is 0.274 e. The number of H-pyrrole nitrogens is 1. The minimum absolute atomic E-state index is 0.119. The largest absolute Gasteiger partial charge is 0.497 e. The molecule has 1 fully saturated rings. The summed E-state index contributed by atoms with van der Waals surface area (Å²) in [5.41, 5.74) is 4.09. The Balaban J connectivity index is 1.51. The molecular formula is C25H24N4O3S. The van der Waals surface area contributed by atoms with Crippen LogP contribution in [0.1, 0.15) is 33.8 Å². The molecule has 1 atom stereocenters. The fraction of sp³-hybridized carbons (Fsp3) is 0.240. The van der Waals surface area contributed by atoms with Crippen molar-refractivity contribution in [3.8, 4) is 21.9 Å². The van der Waals surface area contributed by atoms with Gasteiger partial charge in [0.15, 0.2) is 0 Å². The topological polar surface area (TPSA) is 80.3 Å². The van der Waals surface area contributed by atoms with Gasteiger partial charge in [-0.15, -0.1) is 11.3 Å². The highest BCUT2D eigenvalue weighted by molar-refractivity contribution is 7.15. The second kappa shape index (κ2) is 8.37. The van der Waals surface area contributed by atoms with Crippen molar-refractivity contribution in [2.75, 3.05) is 20.8 Å². The number of likely N-dealkylation sites (tertiary alicyclic amines) is 1. The molecule has 8 heteroatoms. The Kier molecular flexibility index (Phi) is 5.38. The minimum Gasteiger partial charge on any atom is -0.497 e. The lowest BCUT2D eigenvalue weighted by Gasteiger charge is -2.22. The van der Waals surface area contributed by atoms with Gasteiger partial charge in [-0.1, -0.05) is 12.2 Å². The zero-order valence-corrected chi connectivity index (χ0v) is 19.5. The Bertz CT molecular complexity index is 1360. The third kappa shape index (κ3) is 3.87. The van der Waals surface area contributed by atoms with E-state index in [1.54, 1.807) is 14.2 Å². The van der Waals surface area contributed by atoms with Crippen molar-refractivity contribution in [3.05, 3.63) is 71.1 Å². The number of aromatic nitrogens is 3. The molecule has 1 amide bonds. The molecule has 0 bridgehead atoms. The molecule has 168 valence electrons. The second-order valence-electron chi connectivity index (χ2n) is 8.05. The Morgan fingerprint density at radius 3 is 2.58 bits per heavy atom. The average molecular weight is 461 g/mol. The standard InChI is InChI=1S/C25H24N4O3S/c1-14-11-21(24-27-19-10-9-18(32-4)12-20(19)28-24)29(13-14)25(30)22-23(33-15(2)26-22)16-5-7-17(31-3)8-6-16/h5-10,12,21H,1,11,13H2,2-4H3,(H,27,28)/t21-/m0/s1. The first kappa shape index (κ1) is 21.2. The van der Waals surface area contributed by atoms with Crippen LogP contribution in [0.25, 0.3) is 21.5 Å². The number of aryl methyl sites for hydroxylation is 1. The summed E-state index contributed by atoms with van der Waals surface area (Å²) in [5, 5.41) is 0.842. The van der Waals surface area contributed by atoms with Crippen LogP contribution in [0.2, 0.25) is 0 Å². The lowest BCUT2D eigenvalue weighted by molar-refractivity contribution is 0.0728. The summed E-state index contributed by atoms with van der Waals surface area (Å²) in [5.74, 6) is 2.14. The van der Waals surface area contributed by atoms with Gasteiger partial charge in [-0.25, -0.2) is 9.97 Å². The number of imidazole rings is 1. The lowest BCUT2D eigenvalue weighted by Crippen LogP contribution is -2.31. The van der Waals surface area contributed by atoms with Crippen LogP contribution < -0.4 is 9.47 Å². The number of hydrogen-bond acceptors (Lipinski definition) is 6. The number of carbonyl (C=O) groups excluding carboxylic acids is 1. The van der Waals surface area contributed by atoms with Crippen LogP contribution in [0.5, 0.6) is 11.5 Å². The normalized spacial score (nSPS) is 15.9. The zero-order valence-electron chi connectivity index (χ0n) is 18.7. The van der Waals surface area contributed by atoms with E-state index in [2.05, 4.69) is 16.5 Å². The quantitative estimate of drug-likeness (QED) is 0.416. The van der Waals surface area contributed by atoms with E-state index in [4.69, 9.17) is 14.5 Å². The second-order valence-corrected chi connectivity index (χ2v) is 9.25. The number of hydrogen-bond donors (Lipinski definition) is 1. The number of fused-ring (bicyclic) bond motifs is 1. The van der Waals surface area contributed by atoms with Gasteiger partial charge in [0.2, 0.25) is 0 Å². The van der Waals surface area contributed by atoms with Crippen molar-refractivity contribution in [3.63, 3.8) is 0 Å². The van der Waals surface area contributed by atoms with E-state index < -0.39 is 0 Å². The lowest BCUT2D eigenvalue weighted by atomic mass is 10.1. The summed E-state index contributed by atoms with van der Waals surface area (Å²) in [7, 11) is 3.27. The van der Waals surface area contributed by atoms with Crippen LogP contribution in [-0.2, 0) is 0 Å². The summed E-state index contributed by atoms with van der Waals surface area (Å²) in [6, 6.07) is 13.2. The molecule has 0 aliphatic carbocycles. The number of ether oxygens (including phenoxy) is 2. The predicted molar refractivity (Wildman–Crippen MR) is 129 cm³/mol. The molecule has 1 aliphatic rings. The number of nitrogens with one attached hydrogen (secondary N) is 1. The number of benzene rings is 2. The van der Waals surface area contributed by atoms with Crippen molar-refractivity contribution < 1.29 is 14.3 Å². The molecule has 0 saturated carbocycles. The maximum absolute atomic E-state index is 13.8. The Hall–Kier alpha value is -3.65. The van der Waals surface area contributed by atoms with Crippen LogP contribution in [0, 0.1) is 6.92 Å². The van der Waals surface area contributed by atoms with E-state index in [-0.39, 0.29) is 11.9 Å². The van der Waals surface area contributed by atoms with E-state index in [0.29, 0.717) is 18.7 Å². The molecule has 3 heterocycles. The molecular weight excluding hydrogens is 436 g/mol. The number of nitrogens with zero attached hydrogens (tertiary/aromatic N) is 3. The highest BCUT2D eigenvalue weighted by atomic mass is 32.1. The van der Waals surface area contributed by atoms with Crippen molar-refractivity contribution in [1.82, 2.24) is 19.9 Å². The molecule has 0 unspecified atom stereocenters. The first-order valence-corrected chi connectivity index (χ1v) is 11.4. The van der Waals surface area contributed by atoms with Crippen LogP contribution in [0.4, 0.5) is 0 Å². The van der Waals surface area contributed by atoms with Gasteiger partial charge in [-0.2, -0.15) is 0 Å². The highest BCUT2D eigenvalue weighted by Crippen LogP contribution is 2.38.